The van der Waals surface area contributed by atoms with Crippen LogP contribution in [-0.4, -0.2) is 51.3 Å². The number of rotatable bonds is 7. The fourth-order valence-electron chi connectivity index (χ4n) is 4.71. The second kappa shape index (κ2) is 11.5. The van der Waals surface area contributed by atoms with Crippen molar-refractivity contribution in [2.75, 3.05) is 19.6 Å². The molecule has 7 heteroatoms. The smallest absolute Gasteiger partial charge is 0.191 e. The van der Waals surface area contributed by atoms with Crippen molar-refractivity contribution in [1.29, 1.82) is 0 Å². The molecule has 1 aromatic heterocycles. The Kier molecular flexibility index (Phi) is 8.15. The van der Waals surface area contributed by atoms with Crippen molar-refractivity contribution in [3.8, 4) is 0 Å². The molecule has 3 heterocycles. The molecule has 7 nitrogen and oxygen atoms in total. The molecular weight excluding hydrogens is 398 g/mol. The number of benzene rings is 1. The van der Waals surface area contributed by atoms with E-state index in [0.29, 0.717) is 12.6 Å². The van der Waals surface area contributed by atoms with E-state index in [2.05, 4.69) is 68.4 Å². The number of nitrogens with zero attached hydrogens (tertiary/aromatic N) is 5. The van der Waals surface area contributed by atoms with Gasteiger partial charge in [0.15, 0.2) is 11.8 Å². The Balaban J connectivity index is 1.40. The van der Waals surface area contributed by atoms with Crippen LogP contribution in [0.2, 0.25) is 0 Å². The summed E-state index contributed by atoms with van der Waals surface area (Å²) in [5.41, 5.74) is 2.73. The van der Waals surface area contributed by atoms with E-state index in [9.17, 15) is 0 Å². The van der Waals surface area contributed by atoms with Gasteiger partial charge in [0.1, 0.15) is 5.82 Å². The van der Waals surface area contributed by atoms with Gasteiger partial charge >= 0.3 is 0 Å². The number of aromatic nitrogens is 3. The fourth-order valence-corrected chi connectivity index (χ4v) is 4.71. The van der Waals surface area contributed by atoms with Gasteiger partial charge in [0.05, 0.1) is 13.1 Å². The van der Waals surface area contributed by atoms with Crippen molar-refractivity contribution < 1.29 is 0 Å². The largest absolute Gasteiger partial charge is 0.357 e. The van der Waals surface area contributed by atoms with Crippen LogP contribution in [0.15, 0.2) is 29.3 Å². The Morgan fingerprint density at radius 3 is 2.62 bits per heavy atom. The lowest BCUT2D eigenvalue weighted by molar-refractivity contribution is 0.276. The molecule has 1 saturated heterocycles. The highest BCUT2D eigenvalue weighted by molar-refractivity contribution is 5.80. The number of likely N-dealkylation sites (tertiary alicyclic amines) is 1. The van der Waals surface area contributed by atoms with E-state index < -0.39 is 0 Å². The molecule has 0 radical (unpaired) electrons. The minimum absolute atomic E-state index is 0.319. The van der Waals surface area contributed by atoms with Crippen molar-refractivity contribution in [1.82, 2.24) is 30.3 Å². The Hall–Kier alpha value is -2.41. The number of aryl methyl sites for hydroxylation is 2. The molecule has 2 aliphatic rings. The standard InChI is InChI=1S/C25H39N7/c1-3-23-29-24-14-13-22(19-32(24)30-23)28-25(26-4-2)27-17-20-11-7-8-12-21(20)18-31-15-9-5-6-10-16-31/h7-8,11-12,22H,3-6,9-10,13-19H2,1-2H3,(H2,26,27,28). The Labute approximate surface area is 192 Å². The average Bonchev–Trinajstić information content (AvgIpc) is 3.05. The van der Waals surface area contributed by atoms with E-state index in [1.807, 2.05) is 0 Å². The zero-order valence-corrected chi connectivity index (χ0v) is 19.8. The van der Waals surface area contributed by atoms with Crippen LogP contribution in [0.5, 0.6) is 0 Å². The summed E-state index contributed by atoms with van der Waals surface area (Å²) in [6, 6.07) is 9.12. The summed E-state index contributed by atoms with van der Waals surface area (Å²) in [6.07, 6.45) is 8.29. The second-order valence-corrected chi connectivity index (χ2v) is 9.01. The van der Waals surface area contributed by atoms with E-state index >= 15 is 0 Å². The minimum atomic E-state index is 0.319. The third-order valence-electron chi connectivity index (χ3n) is 6.52. The lowest BCUT2D eigenvalue weighted by atomic mass is 10.1. The van der Waals surface area contributed by atoms with Gasteiger partial charge in [-0.2, -0.15) is 5.10 Å². The SMILES string of the molecule is CCNC(=NCc1ccccc1CN1CCCCCC1)NC1CCc2nc(CC)nn2C1. The highest BCUT2D eigenvalue weighted by Gasteiger charge is 2.22. The summed E-state index contributed by atoms with van der Waals surface area (Å²) >= 11 is 0. The summed E-state index contributed by atoms with van der Waals surface area (Å²) < 4.78 is 2.07. The number of aliphatic imine (C=N–C) groups is 1. The molecule has 1 aromatic carbocycles. The molecule has 4 rings (SSSR count). The molecule has 0 amide bonds. The van der Waals surface area contributed by atoms with E-state index in [1.165, 1.54) is 49.9 Å². The molecule has 32 heavy (non-hydrogen) atoms. The van der Waals surface area contributed by atoms with Crippen molar-refractivity contribution in [3.63, 3.8) is 0 Å². The summed E-state index contributed by atoms with van der Waals surface area (Å²) in [5, 5.41) is 11.7. The molecule has 0 aliphatic carbocycles. The molecule has 1 fully saturated rings. The average molecular weight is 438 g/mol. The highest BCUT2D eigenvalue weighted by atomic mass is 15.4. The molecule has 1 unspecified atom stereocenters. The first-order chi connectivity index (χ1) is 15.7. The van der Waals surface area contributed by atoms with Gasteiger partial charge < -0.3 is 10.6 Å². The quantitative estimate of drug-likeness (QED) is 0.514. The van der Waals surface area contributed by atoms with Gasteiger partial charge in [0.25, 0.3) is 0 Å². The van der Waals surface area contributed by atoms with Crippen LogP contribution < -0.4 is 10.6 Å². The lowest BCUT2D eigenvalue weighted by Gasteiger charge is -2.25. The molecular formula is C25H39N7. The molecule has 0 spiro atoms. The summed E-state index contributed by atoms with van der Waals surface area (Å²) in [6.45, 7) is 10.1. The molecule has 0 saturated carbocycles. The first-order valence-electron chi connectivity index (χ1n) is 12.5. The number of hydrogen-bond donors (Lipinski definition) is 2. The van der Waals surface area contributed by atoms with Gasteiger partial charge in [-0.3, -0.25) is 4.90 Å². The van der Waals surface area contributed by atoms with Crippen LogP contribution in [0, 0.1) is 0 Å². The van der Waals surface area contributed by atoms with Crippen LogP contribution in [0.1, 0.15) is 68.7 Å². The normalized spacial score (nSPS) is 19.9. The van der Waals surface area contributed by atoms with Crippen LogP contribution in [-0.2, 0) is 32.5 Å². The van der Waals surface area contributed by atoms with Crippen molar-refractivity contribution in [3.05, 3.63) is 47.0 Å². The molecule has 1 atom stereocenters. The zero-order chi connectivity index (χ0) is 22.2. The van der Waals surface area contributed by atoms with Gasteiger partial charge in [-0.1, -0.05) is 44.0 Å². The zero-order valence-electron chi connectivity index (χ0n) is 19.8. The molecule has 2 N–H and O–H groups in total. The summed E-state index contributed by atoms with van der Waals surface area (Å²) in [5.74, 6) is 2.95. The molecule has 2 aliphatic heterocycles. The highest BCUT2D eigenvalue weighted by Crippen LogP contribution is 2.17. The van der Waals surface area contributed by atoms with Crippen LogP contribution in [0.4, 0.5) is 0 Å². The van der Waals surface area contributed by atoms with Crippen LogP contribution in [0.25, 0.3) is 0 Å². The minimum Gasteiger partial charge on any atom is -0.357 e. The molecule has 174 valence electrons. The van der Waals surface area contributed by atoms with Crippen LogP contribution in [0.3, 0.4) is 0 Å². The summed E-state index contributed by atoms with van der Waals surface area (Å²) in [4.78, 5) is 12.2. The Morgan fingerprint density at radius 2 is 1.88 bits per heavy atom. The van der Waals surface area contributed by atoms with Crippen molar-refractivity contribution in [2.24, 2.45) is 4.99 Å². The monoisotopic (exact) mass is 437 g/mol. The first-order valence-corrected chi connectivity index (χ1v) is 12.5. The number of fused-ring (bicyclic) bond motifs is 1. The van der Waals surface area contributed by atoms with Crippen LogP contribution >= 0.6 is 0 Å². The third kappa shape index (κ3) is 6.09. The van der Waals surface area contributed by atoms with E-state index in [4.69, 9.17) is 4.99 Å². The van der Waals surface area contributed by atoms with Crippen molar-refractivity contribution in [2.45, 2.75) is 84.5 Å². The number of hydrogen-bond acceptors (Lipinski definition) is 4. The second-order valence-electron chi connectivity index (χ2n) is 9.01. The predicted molar refractivity (Wildman–Crippen MR) is 130 cm³/mol. The Morgan fingerprint density at radius 1 is 1.09 bits per heavy atom. The third-order valence-corrected chi connectivity index (χ3v) is 6.52. The summed E-state index contributed by atoms with van der Waals surface area (Å²) in [7, 11) is 0. The van der Waals surface area contributed by atoms with Gasteiger partial charge in [-0.25, -0.2) is 14.7 Å². The number of guanidine groups is 1. The molecule has 2 aromatic rings. The van der Waals surface area contributed by atoms with Crippen molar-refractivity contribution >= 4 is 5.96 Å². The van der Waals surface area contributed by atoms with Gasteiger partial charge in [-0.05, 0) is 50.4 Å². The van der Waals surface area contributed by atoms with Gasteiger partial charge in [-0.15, -0.1) is 0 Å². The van der Waals surface area contributed by atoms with Gasteiger partial charge in [0, 0.05) is 32.0 Å². The van der Waals surface area contributed by atoms with E-state index in [-0.39, 0.29) is 0 Å². The number of nitrogens with one attached hydrogen (secondary N) is 2. The predicted octanol–water partition coefficient (Wildman–Crippen LogP) is 3.29. The maximum Gasteiger partial charge on any atom is 0.191 e. The maximum atomic E-state index is 4.96. The topological polar surface area (TPSA) is 70.4 Å². The Bertz CT molecular complexity index is 880. The molecule has 0 bridgehead atoms. The van der Waals surface area contributed by atoms with E-state index in [1.54, 1.807) is 0 Å². The van der Waals surface area contributed by atoms with Gasteiger partial charge in [0.2, 0.25) is 0 Å². The first kappa shape index (κ1) is 22.8. The lowest BCUT2D eigenvalue weighted by Crippen LogP contribution is -2.47. The van der Waals surface area contributed by atoms with E-state index in [0.717, 1.165) is 56.5 Å². The fraction of sp³-hybridized carbons (Fsp3) is 0.640. The maximum absolute atomic E-state index is 4.96.